The summed E-state index contributed by atoms with van der Waals surface area (Å²) in [7, 11) is 0. The number of anilines is 3. The van der Waals surface area contributed by atoms with Gasteiger partial charge in [-0.3, -0.25) is 4.79 Å². The molecule has 2 aromatic carbocycles. The van der Waals surface area contributed by atoms with Crippen LogP contribution in [0.1, 0.15) is 46.1 Å². The smallest absolute Gasteiger partial charge is 0.323 e. The zero-order chi connectivity index (χ0) is 24.0. The van der Waals surface area contributed by atoms with Gasteiger partial charge in [-0.15, -0.1) is 0 Å². The SMILES string of the molecule is Cc1cccc(NC(=O)Nc2ccc(N3CCN(C(=O)CC(C)CC(C)(C)C)CC3)cc2)c1. The van der Waals surface area contributed by atoms with Crippen LogP contribution in [-0.4, -0.2) is 43.0 Å². The summed E-state index contributed by atoms with van der Waals surface area (Å²) in [6, 6.07) is 15.3. The standard InChI is InChI=1S/C27H38N4O2/c1-20-7-6-8-23(17-20)29-26(33)28-22-9-11-24(12-10-22)30-13-15-31(16-14-30)25(32)18-21(2)19-27(3,4)5/h6-12,17,21H,13-16,18-19H2,1-5H3,(H2,28,29,33). The van der Waals surface area contributed by atoms with Crippen LogP contribution in [0.25, 0.3) is 0 Å². The maximum Gasteiger partial charge on any atom is 0.323 e. The molecule has 3 rings (SSSR count). The normalized spacial score (nSPS) is 15.2. The molecule has 33 heavy (non-hydrogen) atoms. The fourth-order valence-electron chi connectivity index (χ4n) is 4.53. The first-order valence-corrected chi connectivity index (χ1v) is 11.9. The van der Waals surface area contributed by atoms with E-state index in [0.717, 1.165) is 55.2 Å². The summed E-state index contributed by atoms with van der Waals surface area (Å²) >= 11 is 0. The van der Waals surface area contributed by atoms with Crippen LogP contribution in [0, 0.1) is 18.3 Å². The lowest BCUT2D eigenvalue weighted by atomic mass is 9.84. The molecule has 2 N–H and O–H groups in total. The lowest BCUT2D eigenvalue weighted by Gasteiger charge is -2.37. The molecule has 1 fully saturated rings. The van der Waals surface area contributed by atoms with Crippen molar-refractivity contribution in [3.63, 3.8) is 0 Å². The number of carbonyl (C=O) groups excluding carboxylic acids is 2. The van der Waals surface area contributed by atoms with E-state index in [4.69, 9.17) is 0 Å². The Morgan fingerprint density at radius 2 is 1.58 bits per heavy atom. The number of hydrogen-bond donors (Lipinski definition) is 2. The second-order valence-corrected chi connectivity index (χ2v) is 10.4. The van der Waals surface area contributed by atoms with Crippen LogP contribution in [0.3, 0.4) is 0 Å². The van der Waals surface area contributed by atoms with Crippen molar-refractivity contribution in [2.75, 3.05) is 41.7 Å². The maximum atomic E-state index is 12.7. The van der Waals surface area contributed by atoms with Crippen LogP contribution >= 0.6 is 0 Å². The van der Waals surface area contributed by atoms with Gasteiger partial charge in [-0.25, -0.2) is 4.79 Å². The minimum Gasteiger partial charge on any atom is -0.368 e. The largest absolute Gasteiger partial charge is 0.368 e. The van der Waals surface area contributed by atoms with E-state index >= 15 is 0 Å². The average molecular weight is 451 g/mol. The number of hydrogen-bond acceptors (Lipinski definition) is 3. The lowest BCUT2D eigenvalue weighted by Crippen LogP contribution is -2.49. The van der Waals surface area contributed by atoms with E-state index in [-0.39, 0.29) is 17.4 Å². The molecule has 1 saturated heterocycles. The van der Waals surface area contributed by atoms with Crippen molar-refractivity contribution in [2.24, 2.45) is 11.3 Å². The molecular weight excluding hydrogens is 412 g/mol. The number of urea groups is 1. The fourth-order valence-corrected chi connectivity index (χ4v) is 4.53. The summed E-state index contributed by atoms with van der Waals surface area (Å²) in [5, 5.41) is 5.73. The molecule has 6 heteroatoms. The molecule has 1 aliphatic rings. The number of aryl methyl sites for hydroxylation is 1. The first-order valence-electron chi connectivity index (χ1n) is 11.9. The van der Waals surface area contributed by atoms with Gasteiger partial charge in [0.15, 0.2) is 0 Å². The molecule has 0 aliphatic carbocycles. The van der Waals surface area contributed by atoms with Crippen LogP contribution in [-0.2, 0) is 4.79 Å². The highest BCUT2D eigenvalue weighted by Crippen LogP contribution is 2.27. The van der Waals surface area contributed by atoms with E-state index in [1.165, 1.54) is 0 Å². The Morgan fingerprint density at radius 3 is 2.18 bits per heavy atom. The number of amides is 3. The summed E-state index contributed by atoms with van der Waals surface area (Å²) in [6.45, 7) is 14.0. The quantitative estimate of drug-likeness (QED) is 0.589. The Hall–Kier alpha value is -3.02. The lowest BCUT2D eigenvalue weighted by molar-refractivity contribution is -0.132. The summed E-state index contributed by atoms with van der Waals surface area (Å²) in [4.78, 5) is 29.3. The van der Waals surface area contributed by atoms with E-state index in [9.17, 15) is 9.59 Å². The summed E-state index contributed by atoms with van der Waals surface area (Å²) in [5.41, 5.74) is 3.96. The fraction of sp³-hybridized carbons (Fsp3) is 0.481. The number of piperazine rings is 1. The topological polar surface area (TPSA) is 64.7 Å². The zero-order valence-electron chi connectivity index (χ0n) is 20.6. The molecule has 1 aliphatic heterocycles. The average Bonchev–Trinajstić information content (AvgIpc) is 2.73. The van der Waals surface area contributed by atoms with Crippen molar-refractivity contribution in [2.45, 2.75) is 47.5 Å². The summed E-state index contributed by atoms with van der Waals surface area (Å²) < 4.78 is 0. The van der Waals surface area contributed by atoms with Crippen LogP contribution in [0.15, 0.2) is 48.5 Å². The number of nitrogens with zero attached hydrogens (tertiary/aromatic N) is 2. The number of benzene rings is 2. The highest BCUT2D eigenvalue weighted by atomic mass is 16.2. The van der Waals surface area contributed by atoms with Gasteiger partial charge in [-0.05, 0) is 66.6 Å². The predicted molar refractivity (Wildman–Crippen MR) is 137 cm³/mol. The van der Waals surface area contributed by atoms with Gasteiger partial charge < -0.3 is 20.4 Å². The summed E-state index contributed by atoms with van der Waals surface area (Å²) in [6.07, 6.45) is 1.68. The minimum atomic E-state index is -0.263. The Morgan fingerprint density at radius 1 is 0.939 bits per heavy atom. The molecule has 6 nitrogen and oxygen atoms in total. The second kappa shape index (κ2) is 10.7. The van der Waals surface area contributed by atoms with Gasteiger partial charge in [0.1, 0.15) is 0 Å². The van der Waals surface area contributed by atoms with Crippen LogP contribution in [0.2, 0.25) is 0 Å². The van der Waals surface area contributed by atoms with Crippen LogP contribution in [0.4, 0.5) is 21.9 Å². The van der Waals surface area contributed by atoms with E-state index < -0.39 is 0 Å². The van der Waals surface area contributed by atoms with E-state index in [0.29, 0.717) is 12.3 Å². The van der Waals surface area contributed by atoms with E-state index in [1.54, 1.807) is 0 Å². The Balaban J connectivity index is 1.46. The van der Waals surface area contributed by atoms with Crippen molar-refractivity contribution >= 4 is 29.0 Å². The van der Waals surface area contributed by atoms with E-state index in [2.05, 4.69) is 43.2 Å². The Bertz CT molecular complexity index is 941. The van der Waals surface area contributed by atoms with Crippen molar-refractivity contribution in [1.82, 2.24) is 4.90 Å². The molecule has 1 heterocycles. The van der Waals surface area contributed by atoms with Gasteiger partial charge in [-0.1, -0.05) is 39.8 Å². The van der Waals surface area contributed by atoms with E-state index in [1.807, 2.05) is 60.4 Å². The van der Waals surface area contributed by atoms with Gasteiger partial charge in [0.25, 0.3) is 0 Å². The molecule has 0 bridgehead atoms. The molecule has 3 amide bonds. The molecule has 178 valence electrons. The first-order chi connectivity index (χ1) is 15.6. The third-order valence-electron chi connectivity index (χ3n) is 5.88. The number of nitrogens with one attached hydrogen (secondary N) is 2. The molecule has 0 aromatic heterocycles. The molecule has 0 saturated carbocycles. The molecule has 0 spiro atoms. The monoisotopic (exact) mass is 450 g/mol. The van der Waals surface area contributed by atoms with Crippen molar-refractivity contribution < 1.29 is 9.59 Å². The van der Waals surface area contributed by atoms with Gasteiger partial charge in [0.05, 0.1) is 0 Å². The minimum absolute atomic E-state index is 0.251. The third-order valence-corrected chi connectivity index (χ3v) is 5.88. The molecule has 1 unspecified atom stereocenters. The first kappa shape index (κ1) is 24.6. The Labute approximate surface area is 198 Å². The summed E-state index contributed by atoms with van der Waals surface area (Å²) in [5.74, 6) is 0.671. The van der Waals surface area contributed by atoms with Gasteiger partial charge in [0, 0.05) is 49.7 Å². The highest BCUT2D eigenvalue weighted by Gasteiger charge is 2.24. The van der Waals surface area contributed by atoms with Gasteiger partial charge >= 0.3 is 6.03 Å². The van der Waals surface area contributed by atoms with Gasteiger partial charge in [-0.2, -0.15) is 0 Å². The highest BCUT2D eigenvalue weighted by molar-refractivity contribution is 5.99. The third kappa shape index (κ3) is 7.81. The van der Waals surface area contributed by atoms with Crippen molar-refractivity contribution in [1.29, 1.82) is 0 Å². The van der Waals surface area contributed by atoms with Crippen LogP contribution in [0.5, 0.6) is 0 Å². The zero-order valence-corrected chi connectivity index (χ0v) is 20.6. The second-order valence-electron chi connectivity index (χ2n) is 10.4. The van der Waals surface area contributed by atoms with Crippen molar-refractivity contribution in [3.8, 4) is 0 Å². The number of rotatable bonds is 6. The number of carbonyl (C=O) groups is 2. The molecule has 2 aromatic rings. The predicted octanol–water partition coefficient (Wildman–Crippen LogP) is 5.75. The molecular formula is C27H38N4O2. The van der Waals surface area contributed by atoms with Gasteiger partial charge in [0.2, 0.25) is 5.91 Å². The Kier molecular flexibility index (Phi) is 8.01. The van der Waals surface area contributed by atoms with Crippen LogP contribution < -0.4 is 15.5 Å². The van der Waals surface area contributed by atoms with Crippen molar-refractivity contribution in [3.05, 3.63) is 54.1 Å². The maximum absolute atomic E-state index is 12.7. The molecule has 1 atom stereocenters. The molecule has 0 radical (unpaired) electrons.